The molecule has 1 N–H and O–H groups in total. The van der Waals surface area contributed by atoms with Crippen molar-refractivity contribution in [3.63, 3.8) is 0 Å². The maximum absolute atomic E-state index is 12.3. The van der Waals surface area contributed by atoms with E-state index < -0.39 is 0 Å². The zero-order chi connectivity index (χ0) is 17.6. The van der Waals surface area contributed by atoms with E-state index >= 15 is 0 Å². The van der Waals surface area contributed by atoms with Crippen LogP contribution in [0.15, 0.2) is 54.6 Å². The molecule has 1 amide bonds. The summed E-state index contributed by atoms with van der Waals surface area (Å²) in [5, 5.41) is 3.78. The third kappa shape index (κ3) is 4.97. The second kappa shape index (κ2) is 8.37. The Morgan fingerprint density at radius 1 is 1.04 bits per heavy atom. The molecule has 1 aliphatic rings. The second-order valence-corrected chi connectivity index (χ2v) is 6.88. The number of hydrogen-bond donors (Lipinski definition) is 1. The van der Waals surface area contributed by atoms with Gasteiger partial charge in [-0.1, -0.05) is 41.9 Å². The first kappa shape index (κ1) is 17.8. The van der Waals surface area contributed by atoms with Gasteiger partial charge in [-0.15, -0.1) is 0 Å². The summed E-state index contributed by atoms with van der Waals surface area (Å²) in [5.74, 6) is 0.0654. The standard InChI is InChI=1S/C20H24ClN3O/c1-16(17-7-9-18(21)10-8-17)22-20(25)15-23-11-13-24(14-12-23)19-5-3-2-4-6-19/h2-10,16H,11-15H2,1H3,(H,22,25)/t16-/m0/s1. The van der Waals surface area contributed by atoms with E-state index in [4.69, 9.17) is 11.6 Å². The average molecular weight is 358 g/mol. The number of para-hydroxylation sites is 1. The number of nitrogens with one attached hydrogen (secondary N) is 1. The number of carbonyl (C=O) groups excluding carboxylic acids is 1. The number of hydrogen-bond acceptors (Lipinski definition) is 3. The summed E-state index contributed by atoms with van der Waals surface area (Å²) < 4.78 is 0. The van der Waals surface area contributed by atoms with E-state index in [1.165, 1.54) is 5.69 Å². The van der Waals surface area contributed by atoms with Crippen LogP contribution in [0.2, 0.25) is 5.02 Å². The molecule has 132 valence electrons. The van der Waals surface area contributed by atoms with Crippen molar-refractivity contribution in [2.24, 2.45) is 0 Å². The minimum absolute atomic E-state index is 0.0182. The van der Waals surface area contributed by atoms with Gasteiger partial charge in [0.25, 0.3) is 0 Å². The van der Waals surface area contributed by atoms with Crippen LogP contribution in [0.3, 0.4) is 0 Å². The first-order valence-electron chi connectivity index (χ1n) is 8.69. The van der Waals surface area contributed by atoms with Crippen molar-refractivity contribution in [1.29, 1.82) is 0 Å². The zero-order valence-electron chi connectivity index (χ0n) is 14.5. The van der Waals surface area contributed by atoms with E-state index in [1.807, 2.05) is 37.3 Å². The largest absolute Gasteiger partial charge is 0.369 e. The van der Waals surface area contributed by atoms with Gasteiger partial charge in [0.15, 0.2) is 0 Å². The topological polar surface area (TPSA) is 35.6 Å². The molecule has 3 rings (SSSR count). The maximum Gasteiger partial charge on any atom is 0.234 e. The van der Waals surface area contributed by atoms with Gasteiger partial charge in [-0.25, -0.2) is 0 Å². The molecular weight excluding hydrogens is 334 g/mol. The van der Waals surface area contributed by atoms with Gasteiger partial charge in [0.05, 0.1) is 12.6 Å². The van der Waals surface area contributed by atoms with Crippen LogP contribution < -0.4 is 10.2 Å². The normalized spacial score (nSPS) is 16.5. The van der Waals surface area contributed by atoms with Crippen molar-refractivity contribution in [3.05, 3.63) is 65.2 Å². The van der Waals surface area contributed by atoms with Crippen molar-refractivity contribution in [2.45, 2.75) is 13.0 Å². The van der Waals surface area contributed by atoms with Gasteiger partial charge in [-0.05, 0) is 36.8 Å². The maximum atomic E-state index is 12.3. The van der Waals surface area contributed by atoms with Crippen LogP contribution in [0.1, 0.15) is 18.5 Å². The first-order chi connectivity index (χ1) is 12.1. The predicted octanol–water partition coefficient (Wildman–Crippen LogP) is 3.34. The number of rotatable bonds is 5. The van der Waals surface area contributed by atoms with Crippen molar-refractivity contribution in [2.75, 3.05) is 37.6 Å². The summed E-state index contributed by atoms with van der Waals surface area (Å²) in [7, 11) is 0. The Bertz CT molecular complexity index is 682. The molecule has 4 nitrogen and oxygen atoms in total. The molecule has 0 aromatic heterocycles. The molecule has 2 aromatic rings. The van der Waals surface area contributed by atoms with Crippen LogP contribution >= 0.6 is 11.6 Å². The van der Waals surface area contributed by atoms with Gasteiger partial charge < -0.3 is 10.2 Å². The average Bonchev–Trinajstić information content (AvgIpc) is 2.63. The number of anilines is 1. The minimum atomic E-state index is -0.0182. The molecule has 1 heterocycles. The zero-order valence-corrected chi connectivity index (χ0v) is 15.2. The lowest BCUT2D eigenvalue weighted by Gasteiger charge is -2.35. The van der Waals surface area contributed by atoms with Crippen molar-refractivity contribution in [1.82, 2.24) is 10.2 Å². The van der Waals surface area contributed by atoms with Gasteiger partial charge >= 0.3 is 0 Å². The van der Waals surface area contributed by atoms with Crippen molar-refractivity contribution in [3.8, 4) is 0 Å². The van der Waals surface area contributed by atoms with Crippen molar-refractivity contribution < 1.29 is 4.79 Å². The summed E-state index contributed by atoms with van der Waals surface area (Å²) in [4.78, 5) is 16.9. The highest BCUT2D eigenvalue weighted by atomic mass is 35.5. The lowest BCUT2D eigenvalue weighted by atomic mass is 10.1. The summed E-state index contributed by atoms with van der Waals surface area (Å²) in [6, 6.07) is 18.0. The van der Waals surface area contributed by atoms with E-state index in [-0.39, 0.29) is 11.9 Å². The fourth-order valence-corrected chi connectivity index (χ4v) is 3.25. The Morgan fingerprint density at radius 3 is 2.32 bits per heavy atom. The quantitative estimate of drug-likeness (QED) is 0.891. The lowest BCUT2D eigenvalue weighted by Crippen LogP contribution is -2.49. The molecule has 0 unspecified atom stereocenters. The summed E-state index contributed by atoms with van der Waals surface area (Å²) in [6.45, 7) is 6.14. The van der Waals surface area contributed by atoms with Gasteiger partial charge in [0.2, 0.25) is 5.91 Å². The molecule has 0 aliphatic carbocycles. The van der Waals surface area contributed by atoms with E-state index in [9.17, 15) is 4.79 Å². The fraction of sp³-hybridized carbons (Fsp3) is 0.350. The molecule has 0 bridgehead atoms. The Kier molecular flexibility index (Phi) is 5.95. The molecule has 1 saturated heterocycles. The number of nitrogens with zero attached hydrogens (tertiary/aromatic N) is 2. The third-order valence-electron chi connectivity index (χ3n) is 4.61. The third-order valence-corrected chi connectivity index (χ3v) is 4.86. The second-order valence-electron chi connectivity index (χ2n) is 6.44. The number of benzene rings is 2. The van der Waals surface area contributed by atoms with Crippen LogP contribution in [-0.4, -0.2) is 43.5 Å². The molecule has 25 heavy (non-hydrogen) atoms. The van der Waals surface area contributed by atoms with E-state index in [0.717, 1.165) is 31.7 Å². The molecule has 0 spiro atoms. The highest BCUT2D eigenvalue weighted by Gasteiger charge is 2.20. The van der Waals surface area contributed by atoms with Crippen LogP contribution in [-0.2, 0) is 4.79 Å². The van der Waals surface area contributed by atoms with Crippen molar-refractivity contribution >= 4 is 23.2 Å². The van der Waals surface area contributed by atoms with E-state index in [2.05, 4.69) is 39.4 Å². The van der Waals surface area contributed by atoms with Gasteiger partial charge in [0.1, 0.15) is 0 Å². The minimum Gasteiger partial charge on any atom is -0.369 e. The van der Waals surface area contributed by atoms with Crippen LogP contribution in [0.25, 0.3) is 0 Å². The Morgan fingerprint density at radius 2 is 1.68 bits per heavy atom. The number of halogens is 1. The number of amides is 1. The fourth-order valence-electron chi connectivity index (χ4n) is 3.13. The Balaban J connectivity index is 1.45. The summed E-state index contributed by atoms with van der Waals surface area (Å²) in [6.07, 6.45) is 0. The van der Waals surface area contributed by atoms with Crippen LogP contribution in [0, 0.1) is 0 Å². The molecule has 0 saturated carbocycles. The van der Waals surface area contributed by atoms with Crippen LogP contribution in [0.4, 0.5) is 5.69 Å². The smallest absolute Gasteiger partial charge is 0.234 e. The molecule has 1 aliphatic heterocycles. The first-order valence-corrected chi connectivity index (χ1v) is 9.07. The lowest BCUT2D eigenvalue weighted by molar-refractivity contribution is -0.123. The summed E-state index contributed by atoms with van der Waals surface area (Å²) in [5.41, 5.74) is 2.31. The molecule has 5 heteroatoms. The number of piperazine rings is 1. The van der Waals surface area contributed by atoms with Gasteiger partial charge in [0, 0.05) is 36.9 Å². The Labute approximate surface area is 154 Å². The molecular formula is C20H24ClN3O. The molecule has 1 fully saturated rings. The molecule has 1 atom stereocenters. The highest BCUT2D eigenvalue weighted by molar-refractivity contribution is 6.30. The highest BCUT2D eigenvalue weighted by Crippen LogP contribution is 2.17. The van der Waals surface area contributed by atoms with Gasteiger partial charge in [-0.2, -0.15) is 0 Å². The number of carbonyl (C=O) groups is 1. The predicted molar refractivity (Wildman–Crippen MR) is 103 cm³/mol. The Hall–Kier alpha value is -2.04. The molecule has 2 aromatic carbocycles. The van der Waals surface area contributed by atoms with E-state index in [0.29, 0.717) is 11.6 Å². The molecule has 0 radical (unpaired) electrons. The van der Waals surface area contributed by atoms with E-state index in [1.54, 1.807) is 0 Å². The monoisotopic (exact) mass is 357 g/mol. The SMILES string of the molecule is C[C@H](NC(=O)CN1CCN(c2ccccc2)CC1)c1ccc(Cl)cc1. The van der Waals surface area contributed by atoms with Gasteiger partial charge in [-0.3, -0.25) is 9.69 Å². The summed E-state index contributed by atoms with van der Waals surface area (Å²) >= 11 is 5.91. The van der Waals surface area contributed by atoms with Crippen LogP contribution in [0.5, 0.6) is 0 Å².